The van der Waals surface area contributed by atoms with Crippen LogP contribution in [0.15, 0.2) is 6.07 Å². The average Bonchev–Trinajstić information content (AvgIpc) is 2.26. The molecule has 0 bridgehead atoms. The largest absolute Gasteiger partial charge is 0.323 e. The van der Waals surface area contributed by atoms with Crippen molar-refractivity contribution in [2.24, 2.45) is 11.1 Å². The van der Waals surface area contributed by atoms with Gasteiger partial charge in [0.05, 0.1) is 0 Å². The first-order chi connectivity index (χ1) is 7.72. The number of hydrogen-bond donors (Lipinski definition) is 1. The van der Waals surface area contributed by atoms with Crippen LogP contribution in [0.5, 0.6) is 0 Å². The van der Waals surface area contributed by atoms with Crippen LogP contribution < -0.4 is 5.73 Å². The summed E-state index contributed by atoms with van der Waals surface area (Å²) >= 11 is 0. The van der Waals surface area contributed by atoms with Crippen molar-refractivity contribution in [2.75, 3.05) is 0 Å². The van der Waals surface area contributed by atoms with Crippen LogP contribution in [0.2, 0.25) is 0 Å². The normalized spacial score (nSPS) is 13.9. The van der Waals surface area contributed by atoms with Gasteiger partial charge in [-0.25, -0.2) is 0 Å². The van der Waals surface area contributed by atoms with Crippen LogP contribution in [0, 0.1) is 33.1 Å². The predicted octanol–water partition coefficient (Wildman–Crippen LogP) is 4.36. The lowest BCUT2D eigenvalue weighted by Crippen LogP contribution is -2.30. The van der Waals surface area contributed by atoms with Crippen molar-refractivity contribution in [1.82, 2.24) is 0 Å². The SMILES string of the molecule is CCC(C)(C)C(N)c1c(C)c(C)cc(C)c1C. The van der Waals surface area contributed by atoms with Crippen molar-refractivity contribution < 1.29 is 0 Å². The Labute approximate surface area is 106 Å². The van der Waals surface area contributed by atoms with E-state index in [0.717, 1.165) is 6.42 Å². The van der Waals surface area contributed by atoms with Gasteiger partial charge in [-0.3, -0.25) is 0 Å². The van der Waals surface area contributed by atoms with Gasteiger partial charge >= 0.3 is 0 Å². The first-order valence-electron chi connectivity index (χ1n) is 6.55. The minimum absolute atomic E-state index is 0.117. The van der Waals surface area contributed by atoms with E-state index < -0.39 is 0 Å². The summed E-state index contributed by atoms with van der Waals surface area (Å²) in [4.78, 5) is 0. The van der Waals surface area contributed by atoms with E-state index in [1.165, 1.54) is 27.8 Å². The fourth-order valence-electron chi connectivity index (χ4n) is 2.32. The summed E-state index contributed by atoms with van der Waals surface area (Å²) in [6, 6.07) is 2.38. The molecule has 1 aromatic rings. The predicted molar refractivity (Wildman–Crippen MR) is 76.4 cm³/mol. The third-order valence-electron chi connectivity index (χ3n) is 4.49. The first-order valence-corrected chi connectivity index (χ1v) is 6.55. The van der Waals surface area contributed by atoms with Crippen molar-refractivity contribution in [3.05, 3.63) is 33.9 Å². The zero-order valence-electron chi connectivity index (χ0n) is 12.4. The van der Waals surface area contributed by atoms with E-state index in [4.69, 9.17) is 5.73 Å². The second-order valence-electron chi connectivity index (χ2n) is 5.99. The monoisotopic (exact) mass is 233 g/mol. The summed E-state index contributed by atoms with van der Waals surface area (Å²) in [7, 11) is 0. The van der Waals surface area contributed by atoms with E-state index >= 15 is 0 Å². The van der Waals surface area contributed by atoms with Crippen molar-refractivity contribution in [1.29, 1.82) is 0 Å². The Hall–Kier alpha value is -0.820. The van der Waals surface area contributed by atoms with Gasteiger partial charge < -0.3 is 5.73 Å². The van der Waals surface area contributed by atoms with Crippen LogP contribution in [0.1, 0.15) is 61.1 Å². The third kappa shape index (κ3) is 2.55. The van der Waals surface area contributed by atoms with Gasteiger partial charge in [0.2, 0.25) is 0 Å². The fraction of sp³-hybridized carbons (Fsp3) is 0.625. The highest BCUT2D eigenvalue weighted by Crippen LogP contribution is 2.38. The van der Waals surface area contributed by atoms with E-state index in [0.29, 0.717) is 0 Å². The zero-order chi connectivity index (χ0) is 13.4. The second kappa shape index (κ2) is 4.81. The van der Waals surface area contributed by atoms with E-state index in [1.54, 1.807) is 0 Å². The van der Waals surface area contributed by atoms with Crippen molar-refractivity contribution in [2.45, 2.75) is 60.9 Å². The van der Waals surface area contributed by atoms with Gasteiger partial charge in [-0.2, -0.15) is 0 Å². The standard InChI is InChI=1S/C16H27N/c1-8-16(6,7)15(17)14-12(4)10(2)9-11(3)13(14)5/h9,15H,8,17H2,1-7H3. The number of benzene rings is 1. The lowest BCUT2D eigenvalue weighted by molar-refractivity contribution is 0.277. The molecule has 0 aliphatic heterocycles. The summed E-state index contributed by atoms with van der Waals surface area (Å²) in [5.74, 6) is 0. The van der Waals surface area contributed by atoms with E-state index in [2.05, 4.69) is 54.5 Å². The Morgan fingerprint density at radius 3 is 1.82 bits per heavy atom. The summed E-state index contributed by atoms with van der Waals surface area (Å²) in [6.45, 7) is 15.5. The topological polar surface area (TPSA) is 26.0 Å². The van der Waals surface area contributed by atoms with Crippen molar-refractivity contribution >= 4 is 0 Å². The molecule has 0 fully saturated rings. The van der Waals surface area contributed by atoms with Crippen molar-refractivity contribution in [3.8, 4) is 0 Å². The van der Waals surface area contributed by atoms with Crippen LogP contribution in [-0.4, -0.2) is 0 Å². The summed E-state index contributed by atoms with van der Waals surface area (Å²) in [5.41, 5.74) is 13.5. The zero-order valence-corrected chi connectivity index (χ0v) is 12.4. The molecular formula is C16H27N. The molecule has 0 saturated carbocycles. The molecule has 1 nitrogen and oxygen atoms in total. The molecule has 0 aromatic heterocycles. The van der Waals surface area contributed by atoms with Gasteiger partial charge in [0, 0.05) is 6.04 Å². The molecule has 0 amide bonds. The maximum atomic E-state index is 6.52. The number of rotatable bonds is 3. The molecule has 1 heteroatoms. The van der Waals surface area contributed by atoms with Gasteiger partial charge in [0.15, 0.2) is 0 Å². The Kier molecular flexibility index (Phi) is 4.03. The van der Waals surface area contributed by atoms with Gasteiger partial charge in [0.1, 0.15) is 0 Å². The lowest BCUT2D eigenvalue weighted by atomic mass is 9.75. The maximum absolute atomic E-state index is 6.52. The smallest absolute Gasteiger partial charge is 0.0352 e. The first kappa shape index (κ1) is 14.2. The Morgan fingerprint density at radius 1 is 1.06 bits per heavy atom. The summed E-state index contributed by atoms with van der Waals surface area (Å²) in [5, 5.41) is 0. The van der Waals surface area contributed by atoms with Gasteiger partial charge in [0.25, 0.3) is 0 Å². The highest BCUT2D eigenvalue weighted by Gasteiger charge is 2.28. The maximum Gasteiger partial charge on any atom is 0.0352 e. The van der Waals surface area contributed by atoms with Crippen LogP contribution >= 0.6 is 0 Å². The van der Waals surface area contributed by atoms with Crippen LogP contribution in [0.25, 0.3) is 0 Å². The average molecular weight is 233 g/mol. The van der Waals surface area contributed by atoms with E-state index in [-0.39, 0.29) is 11.5 Å². The molecule has 0 saturated heterocycles. The van der Waals surface area contributed by atoms with Crippen LogP contribution in [0.3, 0.4) is 0 Å². The molecule has 1 unspecified atom stereocenters. The third-order valence-corrected chi connectivity index (χ3v) is 4.49. The van der Waals surface area contributed by atoms with Gasteiger partial charge in [-0.05, 0) is 67.3 Å². The fourth-order valence-corrected chi connectivity index (χ4v) is 2.32. The number of aryl methyl sites for hydroxylation is 2. The Balaban J connectivity index is 3.41. The number of nitrogens with two attached hydrogens (primary N) is 1. The molecule has 0 aliphatic carbocycles. The molecular weight excluding hydrogens is 206 g/mol. The minimum Gasteiger partial charge on any atom is -0.323 e. The molecule has 2 N–H and O–H groups in total. The summed E-state index contributed by atoms with van der Waals surface area (Å²) in [6.07, 6.45) is 1.10. The molecule has 17 heavy (non-hydrogen) atoms. The second-order valence-corrected chi connectivity index (χ2v) is 5.99. The molecule has 0 aliphatic rings. The quantitative estimate of drug-likeness (QED) is 0.825. The van der Waals surface area contributed by atoms with Crippen LogP contribution in [-0.2, 0) is 0 Å². The Bertz CT molecular complexity index is 390. The molecule has 1 aromatic carbocycles. The minimum atomic E-state index is 0.117. The van der Waals surface area contributed by atoms with Gasteiger partial charge in [-0.15, -0.1) is 0 Å². The molecule has 96 valence electrons. The van der Waals surface area contributed by atoms with E-state index in [1.807, 2.05) is 0 Å². The van der Waals surface area contributed by atoms with Crippen molar-refractivity contribution in [3.63, 3.8) is 0 Å². The van der Waals surface area contributed by atoms with Crippen LogP contribution in [0.4, 0.5) is 0 Å². The molecule has 1 atom stereocenters. The highest BCUT2D eigenvalue weighted by molar-refractivity contribution is 5.46. The molecule has 0 spiro atoms. The lowest BCUT2D eigenvalue weighted by Gasteiger charge is -2.33. The highest BCUT2D eigenvalue weighted by atomic mass is 14.7. The number of hydrogen-bond acceptors (Lipinski definition) is 1. The summed E-state index contributed by atoms with van der Waals surface area (Å²) < 4.78 is 0. The molecule has 0 heterocycles. The molecule has 0 radical (unpaired) electrons. The molecule has 1 rings (SSSR count). The Morgan fingerprint density at radius 2 is 1.47 bits per heavy atom. The van der Waals surface area contributed by atoms with Gasteiger partial charge in [-0.1, -0.05) is 26.8 Å². The van der Waals surface area contributed by atoms with E-state index in [9.17, 15) is 0 Å².